The molecule has 1 N–H and O–H groups in total. The Balaban J connectivity index is 2.11. The van der Waals surface area contributed by atoms with E-state index in [-0.39, 0.29) is 22.2 Å². The van der Waals surface area contributed by atoms with Crippen molar-refractivity contribution in [3.05, 3.63) is 40.3 Å². The van der Waals surface area contributed by atoms with Gasteiger partial charge in [-0.05, 0) is 30.8 Å². The largest absolute Gasteiger partial charge is 0.488 e. The third-order valence-corrected chi connectivity index (χ3v) is 3.67. The molecule has 1 aromatic rings. The molecule has 25 heavy (non-hydrogen) atoms. The quantitative estimate of drug-likeness (QED) is 0.371. The minimum atomic E-state index is -0.859. The van der Waals surface area contributed by atoms with Crippen LogP contribution < -0.4 is 10.1 Å². The van der Waals surface area contributed by atoms with Crippen LogP contribution in [0, 0.1) is 11.6 Å². The Morgan fingerprint density at radius 1 is 1.36 bits per heavy atom. The van der Waals surface area contributed by atoms with Gasteiger partial charge in [0.1, 0.15) is 0 Å². The lowest BCUT2D eigenvalue weighted by Gasteiger charge is -2.06. The van der Waals surface area contributed by atoms with Gasteiger partial charge in [-0.3, -0.25) is 10.1 Å². The maximum Gasteiger partial charge on any atom is 0.331 e. The molecule has 1 aliphatic rings. The number of methoxy groups -OCH3 is 1. The number of rotatable bonds is 5. The Labute approximate surface area is 145 Å². The summed E-state index contributed by atoms with van der Waals surface area (Å²) in [6, 6.07) is 2.08. The van der Waals surface area contributed by atoms with Crippen molar-refractivity contribution in [1.82, 2.24) is 5.32 Å². The molecule has 0 spiro atoms. The van der Waals surface area contributed by atoms with Crippen molar-refractivity contribution >= 4 is 35.0 Å². The zero-order chi connectivity index (χ0) is 18.4. The van der Waals surface area contributed by atoms with Gasteiger partial charge in [-0.2, -0.15) is 5.10 Å². The van der Waals surface area contributed by atoms with Gasteiger partial charge in [0.2, 0.25) is 0 Å². The van der Waals surface area contributed by atoms with Crippen LogP contribution >= 0.6 is 11.8 Å². The van der Waals surface area contributed by atoms with E-state index >= 15 is 0 Å². The van der Waals surface area contributed by atoms with E-state index in [2.05, 4.69) is 20.3 Å². The molecule has 1 aromatic carbocycles. The molecule has 1 amide bonds. The first-order valence-electron chi connectivity index (χ1n) is 6.96. The van der Waals surface area contributed by atoms with E-state index in [0.29, 0.717) is 0 Å². The lowest BCUT2D eigenvalue weighted by atomic mass is 10.2. The number of hydrogen-bond donors (Lipinski definition) is 1. The number of amidine groups is 1. The fraction of sp³-hybridized carbons (Fsp3) is 0.200. The topological polar surface area (TPSA) is 89.4 Å². The number of esters is 1. The summed E-state index contributed by atoms with van der Waals surface area (Å²) in [6.45, 7) is 1.74. The van der Waals surface area contributed by atoms with Crippen LogP contribution in [0.15, 0.2) is 33.3 Å². The van der Waals surface area contributed by atoms with Crippen LogP contribution in [0.5, 0.6) is 5.75 Å². The molecule has 0 unspecified atom stereocenters. The van der Waals surface area contributed by atoms with Gasteiger partial charge in [0.15, 0.2) is 22.6 Å². The van der Waals surface area contributed by atoms with E-state index in [0.717, 1.165) is 36.2 Å². The summed E-state index contributed by atoms with van der Waals surface area (Å²) in [6.07, 6.45) is 2.13. The molecule has 0 aromatic heterocycles. The molecule has 7 nitrogen and oxygen atoms in total. The SMILES string of the molecule is CCOc1c(F)cc(C=N/N=C2/NC(=O)/C(=C\C(=O)OC)S2)cc1F. The Hall–Kier alpha value is -2.75. The molecule has 0 radical (unpaired) electrons. The van der Waals surface area contributed by atoms with Crippen molar-refractivity contribution < 1.29 is 27.8 Å². The summed E-state index contributed by atoms with van der Waals surface area (Å²) < 4.78 is 36.7. The van der Waals surface area contributed by atoms with E-state index in [9.17, 15) is 18.4 Å². The fourth-order valence-electron chi connectivity index (χ4n) is 1.73. The summed E-state index contributed by atoms with van der Waals surface area (Å²) in [5.41, 5.74) is 0.127. The number of carbonyl (C=O) groups is 2. The van der Waals surface area contributed by atoms with Gasteiger partial charge in [0.25, 0.3) is 5.91 Å². The maximum absolute atomic E-state index is 13.7. The van der Waals surface area contributed by atoms with E-state index in [1.54, 1.807) is 6.92 Å². The number of halogens is 2. The number of amides is 1. The van der Waals surface area contributed by atoms with Crippen molar-refractivity contribution in [3.8, 4) is 5.75 Å². The zero-order valence-electron chi connectivity index (χ0n) is 13.2. The highest BCUT2D eigenvalue weighted by Gasteiger charge is 2.25. The molecule has 1 saturated heterocycles. The second-order valence-corrected chi connectivity index (χ2v) is 5.51. The van der Waals surface area contributed by atoms with Crippen LogP contribution in [-0.2, 0) is 14.3 Å². The second-order valence-electron chi connectivity index (χ2n) is 4.48. The van der Waals surface area contributed by atoms with Gasteiger partial charge in [0.05, 0.1) is 24.8 Å². The highest BCUT2D eigenvalue weighted by atomic mass is 32.2. The Morgan fingerprint density at radius 2 is 2.04 bits per heavy atom. The summed E-state index contributed by atoms with van der Waals surface area (Å²) in [4.78, 5) is 22.8. The summed E-state index contributed by atoms with van der Waals surface area (Å²) in [7, 11) is 1.19. The first-order chi connectivity index (χ1) is 11.9. The highest BCUT2D eigenvalue weighted by molar-refractivity contribution is 8.18. The van der Waals surface area contributed by atoms with E-state index in [1.807, 2.05) is 0 Å². The molecule has 1 aliphatic heterocycles. The third kappa shape index (κ3) is 4.86. The van der Waals surface area contributed by atoms with E-state index < -0.39 is 29.3 Å². The van der Waals surface area contributed by atoms with Crippen LogP contribution in [0.2, 0.25) is 0 Å². The van der Waals surface area contributed by atoms with E-state index in [1.165, 1.54) is 7.11 Å². The summed E-state index contributed by atoms with van der Waals surface area (Å²) >= 11 is 0.881. The minimum Gasteiger partial charge on any atom is -0.488 e. The summed E-state index contributed by atoms with van der Waals surface area (Å²) in [5.74, 6) is -3.38. The minimum absolute atomic E-state index is 0.0963. The normalized spacial score (nSPS) is 17.4. The predicted molar refractivity (Wildman–Crippen MR) is 88.4 cm³/mol. The van der Waals surface area contributed by atoms with Crippen LogP contribution in [0.3, 0.4) is 0 Å². The monoisotopic (exact) mass is 369 g/mol. The number of ether oxygens (including phenoxy) is 2. The molecule has 0 aliphatic carbocycles. The van der Waals surface area contributed by atoms with Crippen molar-refractivity contribution in [2.75, 3.05) is 13.7 Å². The molecule has 2 rings (SSSR count). The fourth-order valence-corrected chi connectivity index (χ4v) is 2.46. The van der Waals surface area contributed by atoms with Gasteiger partial charge in [0, 0.05) is 11.6 Å². The van der Waals surface area contributed by atoms with Gasteiger partial charge >= 0.3 is 5.97 Å². The molecule has 0 atom stereocenters. The number of hydrogen-bond acceptors (Lipinski definition) is 7. The average Bonchev–Trinajstić information content (AvgIpc) is 2.90. The average molecular weight is 369 g/mol. The van der Waals surface area contributed by atoms with Crippen molar-refractivity contribution in [1.29, 1.82) is 0 Å². The van der Waals surface area contributed by atoms with Crippen molar-refractivity contribution in [2.24, 2.45) is 10.2 Å². The molecule has 0 saturated carbocycles. The van der Waals surface area contributed by atoms with Crippen molar-refractivity contribution in [2.45, 2.75) is 6.92 Å². The Kier molecular flexibility index (Phi) is 6.23. The number of carbonyl (C=O) groups excluding carboxylic acids is 2. The molecule has 10 heteroatoms. The molecular weight excluding hydrogens is 356 g/mol. The smallest absolute Gasteiger partial charge is 0.331 e. The summed E-state index contributed by atoms with van der Waals surface area (Å²) in [5, 5.41) is 9.88. The first kappa shape index (κ1) is 18.6. The third-order valence-electron chi connectivity index (χ3n) is 2.77. The Bertz CT molecular complexity index is 770. The van der Waals surface area contributed by atoms with Crippen molar-refractivity contribution in [3.63, 3.8) is 0 Å². The van der Waals surface area contributed by atoms with Gasteiger partial charge in [-0.1, -0.05) is 0 Å². The van der Waals surface area contributed by atoms with Crippen LogP contribution in [0.1, 0.15) is 12.5 Å². The lowest BCUT2D eigenvalue weighted by molar-refractivity contribution is -0.135. The number of thioether (sulfide) groups is 1. The number of nitrogens with zero attached hydrogens (tertiary/aromatic N) is 2. The second kappa shape index (κ2) is 8.38. The van der Waals surface area contributed by atoms with Gasteiger partial charge < -0.3 is 9.47 Å². The zero-order valence-corrected chi connectivity index (χ0v) is 14.0. The standard InChI is InChI=1S/C15H13F2N3O4S/c1-3-24-13-9(16)4-8(5-10(13)17)7-18-20-15-19-14(22)11(25-15)6-12(21)23-2/h4-7H,3H2,1-2H3,(H,19,20,22)/b11-6+,18-7?. The molecule has 1 heterocycles. The van der Waals surface area contributed by atoms with Crippen LogP contribution in [0.4, 0.5) is 8.78 Å². The lowest BCUT2D eigenvalue weighted by Crippen LogP contribution is -2.19. The molecule has 1 fully saturated rings. The van der Waals surface area contributed by atoms with E-state index in [4.69, 9.17) is 4.74 Å². The molecular formula is C15H13F2N3O4S. The van der Waals surface area contributed by atoms with Gasteiger partial charge in [-0.25, -0.2) is 13.6 Å². The molecule has 132 valence electrons. The van der Waals surface area contributed by atoms with Gasteiger partial charge in [-0.15, -0.1) is 5.10 Å². The van der Waals surface area contributed by atoms with Crippen LogP contribution in [0.25, 0.3) is 0 Å². The predicted octanol–water partition coefficient (Wildman–Crippen LogP) is 1.97. The first-order valence-corrected chi connectivity index (χ1v) is 7.78. The Morgan fingerprint density at radius 3 is 2.64 bits per heavy atom. The highest BCUT2D eigenvalue weighted by Crippen LogP contribution is 2.24. The maximum atomic E-state index is 13.7. The number of nitrogens with one attached hydrogen (secondary N) is 1. The van der Waals surface area contributed by atoms with Crippen LogP contribution in [-0.4, -0.2) is 37.0 Å². The molecule has 0 bridgehead atoms. The number of benzene rings is 1.